The first-order valence-corrected chi connectivity index (χ1v) is 10.2. The molecule has 3 aliphatic rings. The summed E-state index contributed by atoms with van der Waals surface area (Å²) in [6, 6.07) is 6.22. The van der Waals surface area contributed by atoms with E-state index in [2.05, 4.69) is 26.8 Å². The van der Waals surface area contributed by atoms with Crippen molar-refractivity contribution in [3.8, 4) is 5.75 Å². The van der Waals surface area contributed by atoms with Gasteiger partial charge in [-0.1, -0.05) is 39.7 Å². The van der Waals surface area contributed by atoms with Crippen LogP contribution in [0.3, 0.4) is 0 Å². The molecule has 3 aliphatic carbocycles. The fraction of sp³-hybridized carbons (Fsp3) is 0.739. The number of aromatic hydroxyl groups is 1. The van der Waals surface area contributed by atoms with E-state index in [1.807, 2.05) is 12.1 Å². The van der Waals surface area contributed by atoms with Gasteiger partial charge in [0.2, 0.25) is 0 Å². The van der Waals surface area contributed by atoms with Gasteiger partial charge in [-0.05, 0) is 96.8 Å². The normalized spacial score (nSPS) is 33.8. The van der Waals surface area contributed by atoms with E-state index in [1.165, 1.54) is 56.9 Å². The molecule has 2 saturated carbocycles. The molecule has 0 bridgehead atoms. The van der Waals surface area contributed by atoms with Gasteiger partial charge < -0.3 is 5.11 Å². The Hall–Kier alpha value is -0.980. The van der Waals surface area contributed by atoms with Crippen LogP contribution in [-0.4, -0.2) is 5.11 Å². The molecule has 0 radical (unpaired) electrons. The van der Waals surface area contributed by atoms with E-state index in [9.17, 15) is 5.11 Å². The van der Waals surface area contributed by atoms with Gasteiger partial charge >= 0.3 is 0 Å². The average molecular weight is 327 g/mol. The van der Waals surface area contributed by atoms with Gasteiger partial charge in [0.25, 0.3) is 0 Å². The summed E-state index contributed by atoms with van der Waals surface area (Å²) in [6.07, 6.45) is 12.5. The Morgan fingerprint density at radius 1 is 1.17 bits per heavy atom. The van der Waals surface area contributed by atoms with Crippen LogP contribution in [0.25, 0.3) is 0 Å². The molecule has 0 aliphatic heterocycles. The zero-order valence-electron chi connectivity index (χ0n) is 15.8. The van der Waals surface area contributed by atoms with E-state index in [4.69, 9.17) is 0 Å². The number of fused-ring (bicyclic) bond motifs is 3. The number of rotatable bonds is 3. The molecular formula is C23H34O. The van der Waals surface area contributed by atoms with E-state index in [0.717, 1.165) is 18.3 Å². The zero-order valence-corrected chi connectivity index (χ0v) is 15.8. The zero-order chi connectivity index (χ0) is 16.9. The molecule has 3 atom stereocenters. The van der Waals surface area contributed by atoms with Crippen molar-refractivity contribution < 1.29 is 5.11 Å². The summed E-state index contributed by atoms with van der Waals surface area (Å²) in [5.41, 5.74) is 4.12. The Bertz CT molecular complexity index is 612. The van der Waals surface area contributed by atoms with Crippen molar-refractivity contribution in [3.63, 3.8) is 0 Å². The second kappa shape index (κ2) is 5.78. The average Bonchev–Trinajstić information content (AvgIpc) is 2.51. The predicted octanol–water partition coefficient (Wildman–Crippen LogP) is 6.44. The Morgan fingerprint density at radius 2 is 1.96 bits per heavy atom. The van der Waals surface area contributed by atoms with Crippen molar-refractivity contribution in [2.75, 3.05) is 0 Å². The van der Waals surface area contributed by atoms with Crippen molar-refractivity contribution >= 4 is 0 Å². The quantitative estimate of drug-likeness (QED) is 0.677. The highest BCUT2D eigenvalue weighted by molar-refractivity contribution is 5.41. The van der Waals surface area contributed by atoms with E-state index in [-0.39, 0.29) is 0 Å². The summed E-state index contributed by atoms with van der Waals surface area (Å²) in [5.74, 6) is 2.87. The van der Waals surface area contributed by atoms with Crippen LogP contribution in [0, 0.1) is 22.7 Å². The molecule has 1 aromatic carbocycles. The summed E-state index contributed by atoms with van der Waals surface area (Å²) in [5, 5.41) is 9.91. The molecule has 0 saturated heterocycles. The van der Waals surface area contributed by atoms with Gasteiger partial charge in [0.05, 0.1) is 0 Å². The summed E-state index contributed by atoms with van der Waals surface area (Å²) < 4.78 is 0. The lowest BCUT2D eigenvalue weighted by Crippen LogP contribution is -2.49. The third kappa shape index (κ3) is 2.59. The van der Waals surface area contributed by atoms with E-state index < -0.39 is 0 Å². The van der Waals surface area contributed by atoms with Crippen molar-refractivity contribution in [2.45, 2.75) is 84.5 Å². The van der Waals surface area contributed by atoms with Gasteiger partial charge in [0, 0.05) is 0 Å². The Morgan fingerprint density at radius 3 is 2.62 bits per heavy atom. The number of aryl methyl sites for hydroxylation is 1. The molecule has 3 unspecified atom stereocenters. The molecule has 0 amide bonds. The maximum absolute atomic E-state index is 9.91. The van der Waals surface area contributed by atoms with Crippen LogP contribution in [0.15, 0.2) is 18.2 Å². The molecule has 4 rings (SSSR count). The highest BCUT2D eigenvalue weighted by atomic mass is 16.3. The van der Waals surface area contributed by atoms with E-state index >= 15 is 0 Å². The number of benzene rings is 1. The fourth-order valence-electron chi connectivity index (χ4n) is 6.24. The first kappa shape index (κ1) is 16.5. The van der Waals surface area contributed by atoms with Gasteiger partial charge in [0.1, 0.15) is 5.75 Å². The van der Waals surface area contributed by atoms with Gasteiger partial charge in [-0.25, -0.2) is 0 Å². The molecule has 1 spiro atoms. The van der Waals surface area contributed by atoms with Crippen molar-refractivity contribution in [1.82, 2.24) is 0 Å². The highest BCUT2D eigenvalue weighted by Crippen LogP contribution is 2.66. The van der Waals surface area contributed by atoms with Crippen LogP contribution >= 0.6 is 0 Å². The molecule has 1 aromatic rings. The van der Waals surface area contributed by atoms with Gasteiger partial charge in [-0.3, -0.25) is 0 Å². The largest absolute Gasteiger partial charge is 0.508 e. The molecule has 0 heterocycles. The molecule has 2 fully saturated rings. The van der Waals surface area contributed by atoms with Crippen molar-refractivity contribution in [3.05, 3.63) is 29.3 Å². The monoisotopic (exact) mass is 326 g/mol. The molecule has 1 heteroatoms. The highest BCUT2D eigenvalue weighted by Gasteiger charge is 2.55. The fourth-order valence-corrected chi connectivity index (χ4v) is 6.24. The molecule has 1 N–H and O–H groups in total. The third-order valence-electron chi connectivity index (χ3n) is 7.99. The SMILES string of the molecule is CC(C)CCC1CC2(CCC2)CC2c3ccc(O)cc3CCC12C. The smallest absolute Gasteiger partial charge is 0.115 e. The van der Waals surface area contributed by atoms with E-state index in [0.29, 0.717) is 22.5 Å². The van der Waals surface area contributed by atoms with Gasteiger partial charge in [-0.15, -0.1) is 0 Å². The molecular weight excluding hydrogens is 292 g/mol. The summed E-state index contributed by atoms with van der Waals surface area (Å²) in [6.45, 7) is 7.35. The Kier molecular flexibility index (Phi) is 3.97. The molecule has 132 valence electrons. The predicted molar refractivity (Wildman–Crippen MR) is 100 cm³/mol. The second-order valence-electron chi connectivity index (χ2n) is 9.87. The van der Waals surface area contributed by atoms with Gasteiger partial charge in [0.15, 0.2) is 0 Å². The minimum absolute atomic E-state index is 0.447. The van der Waals surface area contributed by atoms with Crippen LogP contribution in [0.4, 0.5) is 0 Å². The van der Waals surface area contributed by atoms with Crippen LogP contribution in [0.5, 0.6) is 5.75 Å². The first-order valence-electron chi connectivity index (χ1n) is 10.2. The van der Waals surface area contributed by atoms with Crippen molar-refractivity contribution in [2.24, 2.45) is 22.7 Å². The first-order chi connectivity index (χ1) is 11.4. The third-order valence-corrected chi connectivity index (χ3v) is 7.99. The Labute approximate surface area is 147 Å². The minimum Gasteiger partial charge on any atom is -0.508 e. The maximum Gasteiger partial charge on any atom is 0.115 e. The van der Waals surface area contributed by atoms with Crippen LogP contribution in [0.2, 0.25) is 0 Å². The van der Waals surface area contributed by atoms with Crippen LogP contribution in [0.1, 0.15) is 89.2 Å². The number of hydrogen-bond acceptors (Lipinski definition) is 1. The Balaban J connectivity index is 1.69. The molecule has 0 aromatic heterocycles. The number of phenolic OH excluding ortho intramolecular Hbond substituents is 1. The summed E-state index contributed by atoms with van der Waals surface area (Å²) in [7, 11) is 0. The lowest BCUT2D eigenvalue weighted by molar-refractivity contribution is -0.0585. The maximum atomic E-state index is 9.91. The molecule has 1 nitrogen and oxygen atoms in total. The second-order valence-corrected chi connectivity index (χ2v) is 9.87. The number of hydrogen-bond donors (Lipinski definition) is 1. The van der Waals surface area contributed by atoms with E-state index in [1.54, 1.807) is 5.56 Å². The molecule has 24 heavy (non-hydrogen) atoms. The standard InChI is InChI=1S/C23H34O/c1-16(2)5-6-18-14-23(10-4-11-23)15-21-20-8-7-19(24)13-17(20)9-12-22(18,21)3/h7-8,13,16,18,21,24H,4-6,9-12,14-15H2,1-3H3. The lowest BCUT2D eigenvalue weighted by atomic mass is 9.44. The minimum atomic E-state index is 0.447. The van der Waals surface area contributed by atoms with Gasteiger partial charge in [-0.2, -0.15) is 0 Å². The van der Waals surface area contributed by atoms with Crippen molar-refractivity contribution in [1.29, 1.82) is 0 Å². The summed E-state index contributed by atoms with van der Waals surface area (Å²) >= 11 is 0. The van der Waals surface area contributed by atoms with Crippen LogP contribution in [-0.2, 0) is 6.42 Å². The number of phenols is 1. The van der Waals surface area contributed by atoms with Crippen LogP contribution < -0.4 is 0 Å². The topological polar surface area (TPSA) is 20.2 Å². The summed E-state index contributed by atoms with van der Waals surface area (Å²) in [4.78, 5) is 0. The lowest BCUT2D eigenvalue weighted by Gasteiger charge is -2.60.